The Morgan fingerprint density at radius 2 is 1.97 bits per heavy atom. The van der Waals surface area contributed by atoms with Gasteiger partial charge in [0.05, 0.1) is 14.2 Å². The van der Waals surface area contributed by atoms with Crippen molar-refractivity contribution in [1.29, 1.82) is 0 Å². The predicted octanol–water partition coefficient (Wildman–Crippen LogP) is 5.39. The molecule has 3 atom stereocenters. The molecule has 1 saturated carbocycles. The molecule has 1 aliphatic heterocycles. The number of nitrogens with one attached hydrogen (secondary N) is 1. The van der Waals surface area contributed by atoms with E-state index in [0.717, 1.165) is 33.7 Å². The zero-order valence-corrected chi connectivity index (χ0v) is 20.6. The Morgan fingerprint density at radius 1 is 1.23 bits per heavy atom. The van der Waals surface area contributed by atoms with Gasteiger partial charge in [0.15, 0.2) is 11.6 Å². The Morgan fingerprint density at radius 3 is 2.60 bits per heavy atom. The number of hydrogen-bond acceptors (Lipinski definition) is 7. The molecule has 1 N–H and O–H groups in total. The highest BCUT2D eigenvalue weighted by atomic mass is 32.2. The van der Waals surface area contributed by atoms with Crippen LogP contribution in [0.25, 0.3) is 11.3 Å². The molecule has 0 bridgehead atoms. The minimum atomic E-state index is -0.946. The Labute approximate surface area is 207 Å². The minimum absolute atomic E-state index is 0.112. The van der Waals surface area contributed by atoms with Gasteiger partial charge < -0.3 is 23.6 Å². The lowest BCUT2D eigenvalue weighted by atomic mass is 9.77. The molecule has 3 aliphatic rings. The number of fused-ring (bicyclic) bond motifs is 4. The Hall–Kier alpha value is -3.20. The van der Waals surface area contributed by atoms with Crippen molar-refractivity contribution in [3.63, 3.8) is 0 Å². The van der Waals surface area contributed by atoms with E-state index in [4.69, 9.17) is 14.0 Å². The number of nitrogens with zero attached hydrogens (tertiary/aromatic N) is 2. The van der Waals surface area contributed by atoms with Gasteiger partial charge in [-0.3, -0.25) is 4.79 Å². The van der Waals surface area contributed by atoms with Gasteiger partial charge >= 0.3 is 0 Å². The average molecular weight is 496 g/mol. The molecular formula is C26H26FN3O4S. The molecule has 0 radical (unpaired) electrons. The fourth-order valence-electron chi connectivity index (χ4n) is 5.61. The van der Waals surface area contributed by atoms with E-state index < -0.39 is 11.6 Å². The predicted molar refractivity (Wildman–Crippen MR) is 132 cm³/mol. The summed E-state index contributed by atoms with van der Waals surface area (Å²) in [5.74, 6) is 2.51. The van der Waals surface area contributed by atoms with Crippen LogP contribution in [0.1, 0.15) is 30.9 Å². The molecule has 2 aromatic carbocycles. The third-order valence-corrected chi connectivity index (χ3v) is 8.56. The zero-order valence-electron chi connectivity index (χ0n) is 19.8. The lowest BCUT2D eigenvalue weighted by molar-refractivity contribution is -0.117. The van der Waals surface area contributed by atoms with Crippen LogP contribution in [0, 0.1) is 5.92 Å². The van der Waals surface area contributed by atoms with Gasteiger partial charge in [0.2, 0.25) is 5.91 Å². The van der Waals surface area contributed by atoms with Crippen molar-refractivity contribution in [2.24, 2.45) is 5.92 Å². The number of amides is 1. The van der Waals surface area contributed by atoms with Crippen molar-refractivity contribution in [1.82, 2.24) is 5.16 Å². The van der Waals surface area contributed by atoms with E-state index in [1.807, 2.05) is 43.3 Å². The van der Waals surface area contributed by atoms with Gasteiger partial charge in [-0.05, 0) is 54.6 Å². The van der Waals surface area contributed by atoms with Gasteiger partial charge in [-0.25, -0.2) is 4.39 Å². The van der Waals surface area contributed by atoms with Crippen molar-refractivity contribution in [3.05, 3.63) is 47.5 Å². The number of rotatable bonds is 6. The summed E-state index contributed by atoms with van der Waals surface area (Å²) in [4.78, 5) is 14.9. The number of ether oxygens (including phenoxy) is 2. The standard InChI is InChI=1S/C26H26FN3O4S/c1-14-24(27)26(14)13-17-22(16-12-15(9-10-18(16)26)30-11-5-8-21(30)31)34-28-25(17)29-35-23-19(32-2)6-4-7-20(23)33-3/h4,6-7,9-10,12,14,24H,5,8,11,13H2,1-3H3,(H,28,29)/t14-,24?,26-/m1/s1. The van der Waals surface area contributed by atoms with E-state index >= 15 is 4.39 Å². The molecule has 7 nitrogen and oxygen atoms in total. The second-order valence-corrected chi connectivity index (χ2v) is 10.1. The maximum Gasteiger partial charge on any atom is 0.227 e. The lowest BCUT2D eigenvalue weighted by Gasteiger charge is -2.27. The molecular weight excluding hydrogens is 469 g/mol. The first-order valence-corrected chi connectivity index (χ1v) is 12.5. The monoisotopic (exact) mass is 495 g/mol. The molecule has 35 heavy (non-hydrogen) atoms. The first-order valence-electron chi connectivity index (χ1n) is 11.7. The maximum atomic E-state index is 15.2. The topological polar surface area (TPSA) is 76.8 Å². The number of aromatic nitrogens is 1. The quantitative estimate of drug-likeness (QED) is 0.460. The van der Waals surface area contributed by atoms with E-state index in [-0.39, 0.29) is 11.8 Å². The second kappa shape index (κ2) is 8.19. The van der Waals surface area contributed by atoms with Crippen molar-refractivity contribution >= 4 is 29.4 Å². The smallest absolute Gasteiger partial charge is 0.227 e. The Bertz CT molecular complexity index is 1300. The van der Waals surface area contributed by atoms with Crippen molar-refractivity contribution < 1.29 is 23.2 Å². The zero-order chi connectivity index (χ0) is 24.3. The fraction of sp³-hybridized carbons (Fsp3) is 0.385. The number of benzene rings is 2. The first kappa shape index (κ1) is 22.3. The third kappa shape index (κ3) is 3.24. The minimum Gasteiger partial charge on any atom is -0.495 e. The molecule has 2 fully saturated rings. The van der Waals surface area contributed by atoms with Gasteiger partial charge in [-0.1, -0.05) is 24.2 Å². The number of anilines is 2. The van der Waals surface area contributed by atoms with Crippen molar-refractivity contribution in [2.45, 2.75) is 42.7 Å². The number of alkyl halides is 1. The number of carbonyl (C=O) groups excluding carboxylic acids is 1. The van der Waals surface area contributed by atoms with Crippen LogP contribution in [0.5, 0.6) is 11.5 Å². The van der Waals surface area contributed by atoms with E-state index in [1.54, 1.807) is 19.1 Å². The lowest BCUT2D eigenvalue weighted by Crippen LogP contribution is -2.25. The van der Waals surface area contributed by atoms with Crippen LogP contribution in [-0.2, 0) is 16.6 Å². The summed E-state index contributed by atoms with van der Waals surface area (Å²) < 4.78 is 35.3. The number of methoxy groups -OCH3 is 2. The SMILES string of the molecule is COc1cccc(OC)c1SNc1noc2c1C[C@@]1(c3ccc(N4CCCC4=O)cc3-2)C(F)[C@H]1C. The van der Waals surface area contributed by atoms with Crippen LogP contribution < -0.4 is 19.1 Å². The van der Waals surface area contributed by atoms with Crippen LogP contribution >= 0.6 is 11.9 Å². The van der Waals surface area contributed by atoms with Crippen LogP contribution in [0.2, 0.25) is 0 Å². The molecule has 2 heterocycles. The van der Waals surface area contributed by atoms with E-state index in [2.05, 4.69) is 9.88 Å². The number of hydrogen-bond donors (Lipinski definition) is 1. The average Bonchev–Trinajstić information content (AvgIpc) is 3.26. The van der Waals surface area contributed by atoms with Crippen LogP contribution in [0.3, 0.4) is 0 Å². The summed E-state index contributed by atoms with van der Waals surface area (Å²) in [5, 5.41) is 4.32. The molecule has 9 heteroatoms. The Kier molecular flexibility index (Phi) is 5.21. The molecule has 1 saturated heterocycles. The summed E-state index contributed by atoms with van der Waals surface area (Å²) in [7, 11) is 3.21. The van der Waals surface area contributed by atoms with Crippen LogP contribution in [0.4, 0.5) is 15.9 Å². The summed E-state index contributed by atoms with van der Waals surface area (Å²) in [6.07, 6.45) is 0.943. The van der Waals surface area contributed by atoms with Crippen molar-refractivity contribution in [3.8, 4) is 22.8 Å². The van der Waals surface area contributed by atoms with E-state index in [0.29, 0.717) is 42.5 Å². The molecule has 2 aliphatic carbocycles. The van der Waals surface area contributed by atoms with Gasteiger partial charge in [0, 0.05) is 41.1 Å². The largest absolute Gasteiger partial charge is 0.495 e. The summed E-state index contributed by atoms with van der Waals surface area (Å²) in [5.41, 5.74) is 2.80. The van der Waals surface area contributed by atoms with E-state index in [9.17, 15) is 4.79 Å². The van der Waals surface area contributed by atoms with Gasteiger partial charge in [-0.15, -0.1) is 0 Å². The van der Waals surface area contributed by atoms with Crippen LogP contribution in [0.15, 0.2) is 45.8 Å². The molecule has 6 rings (SSSR count). The number of halogens is 1. The highest BCUT2D eigenvalue weighted by Gasteiger charge is 2.66. The highest BCUT2D eigenvalue weighted by Crippen LogP contribution is 2.64. The summed E-state index contributed by atoms with van der Waals surface area (Å²) in [6, 6.07) is 11.4. The molecule has 1 spiro atoms. The highest BCUT2D eigenvalue weighted by molar-refractivity contribution is 8.00. The van der Waals surface area contributed by atoms with Crippen LogP contribution in [-0.4, -0.2) is 38.0 Å². The van der Waals surface area contributed by atoms with Gasteiger partial charge in [0.1, 0.15) is 22.6 Å². The van der Waals surface area contributed by atoms with Gasteiger partial charge in [0.25, 0.3) is 0 Å². The molecule has 1 unspecified atom stereocenters. The van der Waals surface area contributed by atoms with E-state index in [1.165, 1.54) is 11.9 Å². The fourth-order valence-corrected chi connectivity index (χ4v) is 6.47. The maximum absolute atomic E-state index is 15.2. The normalized spacial score (nSPS) is 24.3. The third-order valence-electron chi connectivity index (χ3n) is 7.66. The molecule has 182 valence electrons. The summed E-state index contributed by atoms with van der Waals surface area (Å²) >= 11 is 1.31. The molecule has 1 amide bonds. The Balaban J connectivity index is 1.39. The molecule has 1 aromatic heterocycles. The first-order chi connectivity index (χ1) is 17.0. The molecule has 3 aromatic rings. The summed E-state index contributed by atoms with van der Waals surface area (Å²) in [6.45, 7) is 2.64. The number of carbonyl (C=O) groups is 1. The van der Waals surface area contributed by atoms with Crippen molar-refractivity contribution in [2.75, 3.05) is 30.4 Å². The second-order valence-electron chi connectivity index (χ2n) is 9.32. The van der Waals surface area contributed by atoms with Gasteiger partial charge in [-0.2, -0.15) is 0 Å².